The Morgan fingerprint density at radius 3 is 2.64 bits per heavy atom. The predicted octanol–water partition coefficient (Wildman–Crippen LogP) is 4.18. The highest BCUT2D eigenvalue weighted by molar-refractivity contribution is 9.10. The van der Waals surface area contributed by atoms with Crippen molar-refractivity contribution in [1.29, 1.82) is 0 Å². The molecule has 2 heterocycles. The number of ether oxygens (including phenoxy) is 3. The van der Waals surface area contributed by atoms with Crippen molar-refractivity contribution in [2.75, 3.05) is 26.3 Å². The van der Waals surface area contributed by atoms with Crippen LogP contribution < -0.4 is 14.9 Å². The molecule has 28 heavy (non-hydrogen) atoms. The largest absolute Gasteiger partial charge is 0.460 e. The molecule has 0 aliphatic carbocycles. The lowest BCUT2D eigenvalue weighted by atomic mass is 10.2. The molecule has 1 aliphatic heterocycles. The first-order chi connectivity index (χ1) is 13.6. The number of morpholine rings is 1. The van der Waals surface area contributed by atoms with Crippen LogP contribution in [0.25, 0.3) is 11.0 Å². The molecule has 0 radical (unpaired) electrons. The second-order valence-corrected chi connectivity index (χ2v) is 6.94. The molecule has 7 nitrogen and oxygen atoms in total. The average molecular weight is 446 g/mol. The molecular weight excluding hydrogens is 430 g/mol. The molecular formula is C20H16BrNO6. The lowest BCUT2D eigenvalue weighted by molar-refractivity contribution is 0.0416. The highest BCUT2D eigenvalue weighted by Crippen LogP contribution is 2.29. The van der Waals surface area contributed by atoms with Gasteiger partial charge < -0.3 is 23.5 Å². The Balaban J connectivity index is 1.57. The molecule has 0 atom stereocenters. The summed E-state index contributed by atoms with van der Waals surface area (Å²) in [5.74, 6) is 0.870. The number of para-hydroxylation sites is 1. The second kappa shape index (κ2) is 8.04. The van der Waals surface area contributed by atoms with Crippen molar-refractivity contribution < 1.29 is 23.4 Å². The van der Waals surface area contributed by atoms with Crippen molar-refractivity contribution in [3.8, 4) is 17.2 Å². The van der Waals surface area contributed by atoms with Gasteiger partial charge in [-0.3, -0.25) is 4.79 Å². The van der Waals surface area contributed by atoms with E-state index in [0.717, 1.165) is 4.47 Å². The topological polar surface area (TPSA) is 78.2 Å². The number of carbonyl (C=O) groups excluding carboxylic acids is 1. The fourth-order valence-corrected chi connectivity index (χ4v) is 3.15. The van der Waals surface area contributed by atoms with Crippen LogP contribution in [-0.4, -0.2) is 37.3 Å². The molecule has 1 amide bonds. The Kier molecular flexibility index (Phi) is 5.31. The van der Waals surface area contributed by atoms with Gasteiger partial charge in [-0.2, -0.15) is 0 Å². The normalized spacial score (nSPS) is 14.1. The third kappa shape index (κ3) is 3.88. The van der Waals surface area contributed by atoms with Gasteiger partial charge in [-0.05, 0) is 40.2 Å². The Bertz CT molecular complexity index is 1070. The molecule has 8 heteroatoms. The Morgan fingerprint density at radius 2 is 1.86 bits per heavy atom. The summed E-state index contributed by atoms with van der Waals surface area (Å²) in [5.41, 5.74) is -0.0141. The van der Waals surface area contributed by atoms with E-state index in [1.165, 1.54) is 12.3 Å². The maximum atomic E-state index is 12.7. The van der Waals surface area contributed by atoms with Gasteiger partial charge in [0.15, 0.2) is 0 Å². The van der Waals surface area contributed by atoms with E-state index < -0.39 is 6.09 Å². The van der Waals surface area contributed by atoms with Crippen LogP contribution in [0.4, 0.5) is 4.79 Å². The van der Waals surface area contributed by atoms with Crippen molar-refractivity contribution in [2.24, 2.45) is 0 Å². The summed E-state index contributed by atoms with van der Waals surface area (Å²) < 4.78 is 22.5. The van der Waals surface area contributed by atoms with E-state index in [1.807, 2.05) is 12.1 Å². The van der Waals surface area contributed by atoms with Crippen LogP contribution in [0.15, 0.2) is 62.4 Å². The molecule has 2 aromatic carbocycles. The number of fused-ring (bicyclic) bond motifs is 1. The summed E-state index contributed by atoms with van der Waals surface area (Å²) in [6, 6.07) is 11.8. The van der Waals surface area contributed by atoms with Gasteiger partial charge in [-0.15, -0.1) is 0 Å². The zero-order valence-electron chi connectivity index (χ0n) is 14.7. The van der Waals surface area contributed by atoms with E-state index in [2.05, 4.69) is 15.9 Å². The SMILES string of the molecule is O=C(Oc1ccc2c(=O)c(Oc3ccccc3Br)coc2c1)N1CCOCC1. The van der Waals surface area contributed by atoms with Gasteiger partial charge in [0, 0.05) is 19.2 Å². The molecule has 0 saturated carbocycles. The summed E-state index contributed by atoms with van der Waals surface area (Å²) in [4.78, 5) is 26.5. The zero-order valence-corrected chi connectivity index (χ0v) is 16.3. The van der Waals surface area contributed by atoms with Gasteiger partial charge >= 0.3 is 6.09 Å². The van der Waals surface area contributed by atoms with Gasteiger partial charge in [0.05, 0.1) is 23.1 Å². The maximum absolute atomic E-state index is 12.7. The average Bonchev–Trinajstić information content (AvgIpc) is 2.72. The van der Waals surface area contributed by atoms with Crippen LogP contribution >= 0.6 is 15.9 Å². The summed E-state index contributed by atoms with van der Waals surface area (Å²) in [7, 11) is 0. The molecule has 3 aromatic rings. The van der Waals surface area contributed by atoms with E-state index in [4.69, 9.17) is 18.6 Å². The smallest absolute Gasteiger partial charge is 0.415 e. The van der Waals surface area contributed by atoms with E-state index in [1.54, 1.807) is 29.2 Å². The van der Waals surface area contributed by atoms with Crippen molar-refractivity contribution in [2.45, 2.75) is 0 Å². The van der Waals surface area contributed by atoms with Crippen molar-refractivity contribution in [3.05, 3.63) is 63.4 Å². The standard InChI is InChI=1S/C20H16BrNO6/c21-15-3-1-2-4-16(15)28-18-12-26-17-11-13(5-6-14(17)19(18)23)27-20(24)22-7-9-25-10-8-22/h1-6,11-12H,7-10H2. The molecule has 1 saturated heterocycles. The Hall–Kier alpha value is -2.84. The minimum absolute atomic E-state index is 0.0671. The monoisotopic (exact) mass is 445 g/mol. The lowest BCUT2D eigenvalue weighted by Gasteiger charge is -2.25. The fourth-order valence-electron chi connectivity index (χ4n) is 2.78. The number of hydrogen-bond donors (Lipinski definition) is 0. The first kappa shape index (κ1) is 18.5. The minimum atomic E-state index is -0.459. The number of nitrogens with zero attached hydrogens (tertiary/aromatic N) is 1. The quantitative estimate of drug-likeness (QED) is 0.601. The van der Waals surface area contributed by atoms with Gasteiger partial charge in [0.2, 0.25) is 11.2 Å². The van der Waals surface area contributed by atoms with Crippen LogP contribution in [0.5, 0.6) is 17.2 Å². The fraction of sp³-hybridized carbons (Fsp3) is 0.200. The zero-order chi connectivity index (χ0) is 19.5. The lowest BCUT2D eigenvalue weighted by Crippen LogP contribution is -2.42. The van der Waals surface area contributed by atoms with E-state index >= 15 is 0 Å². The van der Waals surface area contributed by atoms with Crippen molar-refractivity contribution >= 4 is 33.0 Å². The van der Waals surface area contributed by atoms with Crippen LogP contribution in [0.1, 0.15) is 0 Å². The minimum Gasteiger partial charge on any atom is -0.460 e. The number of halogens is 1. The molecule has 1 fully saturated rings. The number of hydrogen-bond acceptors (Lipinski definition) is 6. The molecule has 0 unspecified atom stereocenters. The number of carbonyl (C=O) groups is 1. The Morgan fingerprint density at radius 1 is 1.07 bits per heavy atom. The third-order valence-electron chi connectivity index (χ3n) is 4.25. The van der Waals surface area contributed by atoms with Crippen molar-refractivity contribution in [3.63, 3.8) is 0 Å². The van der Waals surface area contributed by atoms with Gasteiger partial charge in [0.25, 0.3) is 0 Å². The number of amides is 1. The van der Waals surface area contributed by atoms with E-state index in [-0.39, 0.29) is 11.2 Å². The first-order valence-corrected chi connectivity index (χ1v) is 9.43. The van der Waals surface area contributed by atoms with Crippen LogP contribution in [0.3, 0.4) is 0 Å². The Labute approximate surface area is 168 Å². The molecule has 4 rings (SSSR count). The molecule has 0 bridgehead atoms. The molecule has 1 aromatic heterocycles. The van der Waals surface area contributed by atoms with Crippen LogP contribution in [0, 0.1) is 0 Å². The second-order valence-electron chi connectivity index (χ2n) is 6.09. The highest BCUT2D eigenvalue weighted by atomic mass is 79.9. The third-order valence-corrected chi connectivity index (χ3v) is 4.90. The maximum Gasteiger partial charge on any atom is 0.415 e. The first-order valence-electron chi connectivity index (χ1n) is 8.64. The predicted molar refractivity (Wildman–Crippen MR) is 105 cm³/mol. The van der Waals surface area contributed by atoms with Crippen molar-refractivity contribution in [1.82, 2.24) is 4.90 Å². The van der Waals surface area contributed by atoms with Gasteiger partial charge in [-0.25, -0.2) is 4.79 Å². The molecule has 144 valence electrons. The summed E-state index contributed by atoms with van der Waals surface area (Å²) in [6.45, 7) is 1.94. The molecule has 1 aliphatic rings. The van der Waals surface area contributed by atoms with E-state index in [9.17, 15) is 9.59 Å². The number of benzene rings is 2. The number of rotatable bonds is 3. The summed E-state index contributed by atoms with van der Waals surface area (Å²) in [6.07, 6.45) is 0.788. The highest BCUT2D eigenvalue weighted by Gasteiger charge is 2.19. The summed E-state index contributed by atoms with van der Waals surface area (Å²) >= 11 is 3.38. The van der Waals surface area contributed by atoms with E-state index in [0.29, 0.717) is 48.8 Å². The molecule has 0 spiro atoms. The molecule has 0 N–H and O–H groups in total. The van der Waals surface area contributed by atoms with Crippen LogP contribution in [0.2, 0.25) is 0 Å². The van der Waals surface area contributed by atoms with Gasteiger partial charge in [0.1, 0.15) is 23.3 Å². The summed E-state index contributed by atoms with van der Waals surface area (Å²) in [5, 5.41) is 0.329. The van der Waals surface area contributed by atoms with Crippen LogP contribution in [-0.2, 0) is 4.74 Å². The van der Waals surface area contributed by atoms with Gasteiger partial charge in [-0.1, -0.05) is 12.1 Å².